The van der Waals surface area contributed by atoms with Crippen molar-refractivity contribution in [3.63, 3.8) is 0 Å². The Hall–Kier alpha value is -0.610. The second-order valence-corrected chi connectivity index (χ2v) is 5.28. The third-order valence-corrected chi connectivity index (χ3v) is 4.11. The van der Waals surface area contributed by atoms with Crippen LogP contribution in [0.15, 0.2) is 17.0 Å². The summed E-state index contributed by atoms with van der Waals surface area (Å²) < 4.78 is 27.4. The summed E-state index contributed by atoms with van der Waals surface area (Å²) in [6.45, 7) is 4.55. The van der Waals surface area contributed by atoms with Crippen LogP contribution in [0.3, 0.4) is 0 Å². The Labute approximate surface area is 106 Å². The molecule has 0 amide bonds. The Morgan fingerprint density at radius 3 is 2.35 bits per heavy atom. The van der Waals surface area contributed by atoms with Gasteiger partial charge in [-0.3, -0.25) is 0 Å². The third kappa shape index (κ3) is 4.28. The highest BCUT2D eigenvalue weighted by Gasteiger charge is 2.12. The predicted molar refractivity (Wildman–Crippen MR) is 69.3 cm³/mol. The van der Waals surface area contributed by atoms with E-state index in [1.165, 1.54) is 23.9 Å². The van der Waals surface area contributed by atoms with Gasteiger partial charge in [0.1, 0.15) is 11.6 Å². The summed E-state index contributed by atoms with van der Waals surface area (Å²) in [5, 5.41) is 0. The molecule has 0 saturated heterocycles. The van der Waals surface area contributed by atoms with Crippen LogP contribution in [0.1, 0.15) is 25.8 Å². The van der Waals surface area contributed by atoms with Gasteiger partial charge < -0.3 is 5.73 Å². The summed E-state index contributed by atoms with van der Waals surface area (Å²) in [5.74, 6) is 0.256. The van der Waals surface area contributed by atoms with Crippen LogP contribution in [-0.2, 0) is 6.42 Å². The number of nitrogens with two attached hydrogens (primary N) is 1. The smallest absolute Gasteiger partial charge is 0.140 e. The highest BCUT2D eigenvalue weighted by molar-refractivity contribution is 7.99. The quantitative estimate of drug-likeness (QED) is 0.790. The van der Waals surface area contributed by atoms with E-state index in [1.807, 2.05) is 0 Å². The maximum Gasteiger partial charge on any atom is 0.140 e. The molecule has 1 nitrogen and oxygen atoms in total. The standard InChI is InChI=1S/C13H19F2NS/c1-3-9(2)8-17-13-11(14)6-10(4-5-16)7-12(13)15/h6-7,9H,3-5,8,16H2,1-2H3. The first-order valence-corrected chi connectivity index (χ1v) is 6.87. The van der Waals surface area contributed by atoms with Crippen LogP contribution < -0.4 is 5.73 Å². The number of benzene rings is 1. The van der Waals surface area contributed by atoms with Crippen molar-refractivity contribution in [1.29, 1.82) is 0 Å². The number of thioether (sulfide) groups is 1. The average Bonchev–Trinajstić information content (AvgIpc) is 2.28. The summed E-state index contributed by atoms with van der Waals surface area (Å²) in [5.41, 5.74) is 5.99. The van der Waals surface area contributed by atoms with E-state index in [2.05, 4.69) is 13.8 Å². The lowest BCUT2D eigenvalue weighted by atomic mass is 10.1. The number of hydrogen-bond acceptors (Lipinski definition) is 2. The summed E-state index contributed by atoms with van der Waals surface area (Å²) >= 11 is 1.25. The van der Waals surface area contributed by atoms with Crippen LogP contribution in [-0.4, -0.2) is 12.3 Å². The minimum Gasteiger partial charge on any atom is -0.330 e. The van der Waals surface area contributed by atoms with Gasteiger partial charge in [0, 0.05) is 5.75 Å². The molecule has 0 aliphatic rings. The molecule has 17 heavy (non-hydrogen) atoms. The third-order valence-electron chi connectivity index (χ3n) is 2.70. The fraction of sp³-hybridized carbons (Fsp3) is 0.538. The molecule has 0 aliphatic carbocycles. The molecule has 1 rings (SSSR count). The maximum absolute atomic E-state index is 13.7. The van der Waals surface area contributed by atoms with Gasteiger partial charge in [-0.15, -0.1) is 11.8 Å². The first-order chi connectivity index (χ1) is 8.08. The van der Waals surface area contributed by atoms with Crippen LogP contribution >= 0.6 is 11.8 Å². The molecular weight excluding hydrogens is 240 g/mol. The van der Waals surface area contributed by atoms with Crippen molar-refractivity contribution in [3.05, 3.63) is 29.3 Å². The van der Waals surface area contributed by atoms with Crippen molar-refractivity contribution in [2.45, 2.75) is 31.6 Å². The Morgan fingerprint density at radius 2 is 1.88 bits per heavy atom. The maximum atomic E-state index is 13.7. The van der Waals surface area contributed by atoms with Crippen LogP contribution in [0.4, 0.5) is 8.78 Å². The Kier molecular flexibility index (Phi) is 5.92. The Bertz CT molecular complexity index is 345. The van der Waals surface area contributed by atoms with Crippen molar-refractivity contribution in [2.24, 2.45) is 11.7 Å². The summed E-state index contributed by atoms with van der Waals surface area (Å²) in [4.78, 5) is 0.131. The lowest BCUT2D eigenvalue weighted by Gasteiger charge is -2.10. The van der Waals surface area contributed by atoms with Gasteiger partial charge in [0.15, 0.2) is 0 Å². The molecule has 1 atom stereocenters. The zero-order valence-electron chi connectivity index (χ0n) is 10.3. The van der Waals surface area contributed by atoms with Crippen molar-refractivity contribution in [3.8, 4) is 0 Å². The van der Waals surface area contributed by atoms with E-state index in [1.54, 1.807) is 0 Å². The molecule has 0 aromatic heterocycles. The summed E-state index contributed by atoms with van der Waals surface area (Å²) in [6.07, 6.45) is 1.52. The molecule has 0 radical (unpaired) electrons. The molecule has 4 heteroatoms. The van der Waals surface area contributed by atoms with E-state index in [0.717, 1.165) is 12.2 Å². The largest absolute Gasteiger partial charge is 0.330 e. The fourth-order valence-corrected chi connectivity index (χ4v) is 2.49. The summed E-state index contributed by atoms with van der Waals surface area (Å²) in [7, 11) is 0. The first kappa shape index (κ1) is 14.5. The highest BCUT2D eigenvalue weighted by Crippen LogP contribution is 2.28. The van der Waals surface area contributed by atoms with Crippen molar-refractivity contribution >= 4 is 11.8 Å². The topological polar surface area (TPSA) is 26.0 Å². The van der Waals surface area contributed by atoms with Gasteiger partial charge >= 0.3 is 0 Å². The second kappa shape index (κ2) is 6.97. The zero-order valence-corrected chi connectivity index (χ0v) is 11.1. The number of rotatable bonds is 6. The van der Waals surface area contributed by atoms with Crippen LogP contribution in [0.25, 0.3) is 0 Å². The molecule has 0 spiro atoms. The van der Waals surface area contributed by atoms with Gasteiger partial charge in [0.05, 0.1) is 4.90 Å². The Morgan fingerprint density at radius 1 is 1.29 bits per heavy atom. The predicted octanol–water partition coefficient (Wildman–Crippen LogP) is 3.60. The SMILES string of the molecule is CCC(C)CSc1c(F)cc(CCN)cc1F. The van der Waals surface area contributed by atoms with E-state index in [-0.39, 0.29) is 4.90 Å². The lowest BCUT2D eigenvalue weighted by Crippen LogP contribution is -2.04. The minimum atomic E-state index is -0.471. The molecule has 1 aromatic rings. The molecule has 0 aliphatic heterocycles. The highest BCUT2D eigenvalue weighted by atomic mass is 32.2. The second-order valence-electron chi connectivity index (χ2n) is 4.25. The first-order valence-electron chi connectivity index (χ1n) is 5.89. The number of halogens is 2. The zero-order chi connectivity index (χ0) is 12.8. The van der Waals surface area contributed by atoms with Gasteiger partial charge in [-0.1, -0.05) is 20.3 Å². The van der Waals surface area contributed by atoms with Crippen LogP contribution in [0.5, 0.6) is 0 Å². The molecule has 96 valence electrons. The van der Waals surface area contributed by atoms with E-state index >= 15 is 0 Å². The van der Waals surface area contributed by atoms with Gasteiger partial charge in [0.25, 0.3) is 0 Å². The van der Waals surface area contributed by atoms with Gasteiger partial charge in [0.2, 0.25) is 0 Å². The lowest BCUT2D eigenvalue weighted by molar-refractivity contribution is 0.536. The summed E-state index contributed by atoms with van der Waals surface area (Å²) in [6, 6.07) is 2.77. The minimum absolute atomic E-state index is 0.131. The normalized spacial score (nSPS) is 12.8. The molecular formula is C13H19F2NS. The van der Waals surface area contributed by atoms with E-state index in [0.29, 0.717) is 24.4 Å². The molecule has 0 saturated carbocycles. The van der Waals surface area contributed by atoms with Gasteiger partial charge in [-0.2, -0.15) is 0 Å². The van der Waals surface area contributed by atoms with Crippen LogP contribution in [0.2, 0.25) is 0 Å². The van der Waals surface area contributed by atoms with Gasteiger partial charge in [-0.25, -0.2) is 8.78 Å². The number of hydrogen-bond donors (Lipinski definition) is 1. The molecule has 0 bridgehead atoms. The van der Waals surface area contributed by atoms with E-state index < -0.39 is 11.6 Å². The molecule has 1 unspecified atom stereocenters. The van der Waals surface area contributed by atoms with Crippen molar-refractivity contribution in [1.82, 2.24) is 0 Å². The monoisotopic (exact) mass is 259 g/mol. The van der Waals surface area contributed by atoms with E-state index in [9.17, 15) is 8.78 Å². The van der Waals surface area contributed by atoms with E-state index in [4.69, 9.17) is 5.73 Å². The molecule has 2 N–H and O–H groups in total. The van der Waals surface area contributed by atoms with Gasteiger partial charge in [-0.05, 0) is 36.6 Å². The molecule has 1 aromatic carbocycles. The Balaban J connectivity index is 2.78. The molecule has 0 fully saturated rings. The average molecular weight is 259 g/mol. The van der Waals surface area contributed by atoms with Crippen molar-refractivity contribution < 1.29 is 8.78 Å². The fourth-order valence-electron chi connectivity index (χ4n) is 1.40. The van der Waals surface area contributed by atoms with Crippen LogP contribution in [0, 0.1) is 17.6 Å². The van der Waals surface area contributed by atoms with Crippen molar-refractivity contribution in [2.75, 3.05) is 12.3 Å². The molecule has 0 heterocycles.